The van der Waals surface area contributed by atoms with Gasteiger partial charge in [0.2, 0.25) is 0 Å². The second-order valence-corrected chi connectivity index (χ2v) is 6.97. The van der Waals surface area contributed by atoms with Gasteiger partial charge in [0, 0.05) is 28.2 Å². The molecule has 116 valence electrons. The van der Waals surface area contributed by atoms with E-state index in [1.165, 1.54) is 5.56 Å². The van der Waals surface area contributed by atoms with Crippen LogP contribution in [0.2, 0.25) is 0 Å². The van der Waals surface area contributed by atoms with Crippen LogP contribution in [0, 0.1) is 16.0 Å². The van der Waals surface area contributed by atoms with Crippen molar-refractivity contribution in [2.24, 2.45) is 5.92 Å². The molecule has 0 spiro atoms. The van der Waals surface area contributed by atoms with Gasteiger partial charge in [0.25, 0.3) is 5.69 Å². The van der Waals surface area contributed by atoms with E-state index in [2.05, 4.69) is 45.5 Å². The number of halogens is 1. The van der Waals surface area contributed by atoms with Gasteiger partial charge in [-0.05, 0) is 41.7 Å². The van der Waals surface area contributed by atoms with Crippen molar-refractivity contribution < 1.29 is 4.92 Å². The van der Waals surface area contributed by atoms with Crippen LogP contribution in [0.1, 0.15) is 29.5 Å². The Hall–Kier alpha value is -2.14. The number of anilines is 1. The summed E-state index contributed by atoms with van der Waals surface area (Å²) in [7, 11) is 0. The van der Waals surface area contributed by atoms with Crippen LogP contribution in [0.5, 0.6) is 0 Å². The van der Waals surface area contributed by atoms with E-state index in [0.717, 1.165) is 22.1 Å². The second kappa shape index (κ2) is 5.49. The largest absolute Gasteiger partial charge is 0.378 e. The first-order chi connectivity index (χ1) is 11.1. The van der Waals surface area contributed by atoms with Crippen LogP contribution >= 0.6 is 15.9 Å². The molecule has 0 bridgehead atoms. The molecule has 0 saturated carbocycles. The summed E-state index contributed by atoms with van der Waals surface area (Å²) in [6, 6.07) is 13.4. The van der Waals surface area contributed by atoms with Crippen LogP contribution in [0.25, 0.3) is 0 Å². The first kappa shape index (κ1) is 14.5. The Morgan fingerprint density at radius 3 is 2.70 bits per heavy atom. The number of rotatable bonds is 2. The summed E-state index contributed by atoms with van der Waals surface area (Å²) in [4.78, 5) is 10.5. The summed E-state index contributed by atoms with van der Waals surface area (Å²) in [5.41, 5.74) is 3.69. The molecular formula is C18H15BrN2O2. The Morgan fingerprint density at radius 1 is 1.17 bits per heavy atom. The number of hydrogen-bond donors (Lipinski definition) is 1. The Balaban J connectivity index is 1.73. The standard InChI is InChI=1S/C18H15BrN2O2/c19-12-6-9-17-16(10-12)14-2-1-3-15(14)18(20-17)11-4-7-13(8-5-11)21(22)23/h1-2,4-10,14-15,18,20H,3H2/t14-,15+,18+/m0/s1. The summed E-state index contributed by atoms with van der Waals surface area (Å²) in [5, 5.41) is 14.5. The van der Waals surface area contributed by atoms with Gasteiger partial charge in [-0.2, -0.15) is 0 Å². The van der Waals surface area contributed by atoms with Gasteiger partial charge in [-0.1, -0.05) is 40.2 Å². The van der Waals surface area contributed by atoms with Crippen molar-refractivity contribution in [2.45, 2.75) is 18.4 Å². The van der Waals surface area contributed by atoms with Gasteiger partial charge >= 0.3 is 0 Å². The second-order valence-electron chi connectivity index (χ2n) is 6.06. The van der Waals surface area contributed by atoms with E-state index in [1.807, 2.05) is 18.2 Å². The van der Waals surface area contributed by atoms with Crippen LogP contribution in [0.15, 0.2) is 59.1 Å². The lowest BCUT2D eigenvalue weighted by Crippen LogP contribution is -2.29. The SMILES string of the molecule is O=[N+]([O-])c1ccc([C@H]2Nc3ccc(Br)cc3[C@H]3C=CC[C@H]32)cc1. The Morgan fingerprint density at radius 2 is 1.96 bits per heavy atom. The third kappa shape index (κ3) is 2.45. The normalized spacial score (nSPS) is 24.7. The molecule has 0 fully saturated rings. The molecule has 2 aliphatic rings. The van der Waals surface area contributed by atoms with Gasteiger partial charge in [0.05, 0.1) is 11.0 Å². The van der Waals surface area contributed by atoms with E-state index >= 15 is 0 Å². The minimum absolute atomic E-state index is 0.134. The van der Waals surface area contributed by atoms with Crippen molar-refractivity contribution in [3.05, 3.63) is 80.3 Å². The number of fused-ring (bicyclic) bond motifs is 3. The zero-order valence-corrected chi connectivity index (χ0v) is 13.9. The van der Waals surface area contributed by atoms with E-state index < -0.39 is 0 Å². The fourth-order valence-electron chi connectivity index (χ4n) is 3.70. The maximum atomic E-state index is 10.8. The minimum atomic E-state index is -0.356. The molecule has 3 atom stereocenters. The molecule has 5 heteroatoms. The summed E-state index contributed by atoms with van der Waals surface area (Å²) >= 11 is 3.55. The smallest absolute Gasteiger partial charge is 0.269 e. The maximum Gasteiger partial charge on any atom is 0.269 e. The number of hydrogen-bond acceptors (Lipinski definition) is 3. The maximum absolute atomic E-state index is 10.8. The van der Waals surface area contributed by atoms with Gasteiger partial charge in [-0.15, -0.1) is 0 Å². The van der Waals surface area contributed by atoms with Gasteiger partial charge in [-0.25, -0.2) is 0 Å². The molecule has 1 aliphatic heterocycles. The van der Waals surface area contributed by atoms with Gasteiger partial charge in [0.15, 0.2) is 0 Å². The lowest BCUT2D eigenvalue weighted by Gasteiger charge is -2.37. The fourth-order valence-corrected chi connectivity index (χ4v) is 4.08. The molecule has 4 nitrogen and oxygen atoms in total. The molecule has 2 aromatic carbocycles. The summed E-state index contributed by atoms with van der Waals surface area (Å²) in [5.74, 6) is 0.835. The van der Waals surface area contributed by atoms with E-state index in [4.69, 9.17) is 0 Å². The van der Waals surface area contributed by atoms with E-state index in [-0.39, 0.29) is 16.7 Å². The van der Waals surface area contributed by atoms with Crippen molar-refractivity contribution in [3.8, 4) is 0 Å². The topological polar surface area (TPSA) is 55.2 Å². The average Bonchev–Trinajstić information content (AvgIpc) is 3.04. The van der Waals surface area contributed by atoms with Gasteiger partial charge < -0.3 is 5.32 Å². The first-order valence-corrected chi connectivity index (χ1v) is 8.40. The molecule has 2 aromatic rings. The lowest BCUT2D eigenvalue weighted by molar-refractivity contribution is -0.384. The number of benzene rings is 2. The Labute approximate surface area is 142 Å². The van der Waals surface area contributed by atoms with Gasteiger partial charge in [0.1, 0.15) is 0 Å². The Kier molecular flexibility index (Phi) is 3.45. The number of nitro benzene ring substituents is 1. The fraction of sp³-hybridized carbons (Fsp3) is 0.222. The molecule has 1 N–H and O–H groups in total. The number of non-ortho nitro benzene ring substituents is 1. The molecule has 0 amide bonds. The zero-order chi connectivity index (χ0) is 16.0. The number of nitrogens with one attached hydrogen (secondary N) is 1. The monoisotopic (exact) mass is 370 g/mol. The highest BCUT2D eigenvalue weighted by molar-refractivity contribution is 9.10. The Bertz CT molecular complexity index is 801. The molecule has 1 heterocycles. The highest BCUT2D eigenvalue weighted by atomic mass is 79.9. The third-order valence-corrected chi connectivity index (χ3v) is 5.28. The molecule has 0 aromatic heterocycles. The third-order valence-electron chi connectivity index (χ3n) is 4.79. The van der Waals surface area contributed by atoms with Crippen LogP contribution in [0.3, 0.4) is 0 Å². The molecule has 0 saturated heterocycles. The zero-order valence-electron chi connectivity index (χ0n) is 12.3. The average molecular weight is 371 g/mol. The van der Waals surface area contributed by atoms with Crippen molar-refractivity contribution in [3.63, 3.8) is 0 Å². The minimum Gasteiger partial charge on any atom is -0.378 e. The molecular weight excluding hydrogens is 356 g/mol. The molecule has 0 unspecified atom stereocenters. The molecule has 1 aliphatic carbocycles. The quantitative estimate of drug-likeness (QED) is 0.449. The van der Waals surface area contributed by atoms with Crippen molar-refractivity contribution >= 4 is 27.3 Å². The predicted octanol–water partition coefficient (Wildman–Crippen LogP) is 5.18. The van der Waals surface area contributed by atoms with Crippen LogP contribution in [-0.2, 0) is 0 Å². The molecule has 0 radical (unpaired) electrons. The molecule has 23 heavy (non-hydrogen) atoms. The van der Waals surface area contributed by atoms with E-state index in [1.54, 1.807) is 12.1 Å². The number of allylic oxidation sites excluding steroid dienone is 2. The lowest BCUT2D eigenvalue weighted by atomic mass is 9.77. The van der Waals surface area contributed by atoms with Crippen LogP contribution < -0.4 is 5.32 Å². The van der Waals surface area contributed by atoms with Crippen molar-refractivity contribution in [1.29, 1.82) is 0 Å². The summed E-state index contributed by atoms with van der Waals surface area (Å²) in [6.45, 7) is 0. The summed E-state index contributed by atoms with van der Waals surface area (Å²) in [6.07, 6.45) is 5.55. The summed E-state index contributed by atoms with van der Waals surface area (Å²) < 4.78 is 1.09. The van der Waals surface area contributed by atoms with Gasteiger partial charge in [-0.3, -0.25) is 10.1 Å². The van der Waals surface area contributed by atoms with Crippen molar-refractivity contribution in [2.75, 3.05) is 5.32 Å². The van der Waals surface area contributed by atoms with Crippen LogP contribution in [-0.4, -0.2) is 4.92 Å². The molecule has 4 rings (SSSR count). The van der Waals surface area contributed by atoms with E-state index in [0.29, 0.717) is 11.8 Å². The highest BCUT2D eigenvalue weighted by Crippen LogP contribution is 2.50. The number of nitrogens with zero attached hydrogens (tertiary/aromatic N) is 1. The number of nitro groups is 1. The first-order valence-electron chi connectivity index (χ1n) is 7.60. The van der Waals surface area contributed by atoms with E-state index in [9.17, 15) is 10.1 Å². The highest BCUT2D eigenvalue weighted by Gasteiger charge is 2.37. The van der Waals surface area contributed by atoms with Crippen molar-refractivity contribution in [1.82, 2.24) is 0 Å². The predicted molar refractivity (Wildman–Crippen MR) is 93.6 cm³/mol. The van der Waals surface area contributed by atoms with Crippen LogP contribution in [0.4, 0.5) is 11.4 Å².